The average Bonchev–Trinajstić information content (AvgIpc) is 3.02. The molecular weight excluding hydrogens is 272 g/mol. The maximum absolute atomic E-state index is 12.2. The van der Waals surface area contributed by atoms with Crippen LogP contribution in [0.5, 0.6) is 0 Å². The fraction of sp³-hybridized carbons (Fsp3) is 0.500. The van der Waals surface area contributed by atoms with Crippen molar-refractivity contribution in [2.45, 2.75) is 25.8 Å². The molecule has 1 atom stereocenters. The zero-order valence-corrected chi connectivity index (χ0v) is 12.3. The molecule has 7 heteroatoms. The van der Waals surface area contributed by atoms with Gasteiger partial charge in [-0.15, -0.1) is 0 Å². The number of amides is 1. The second-order valence-electron chi connectivity index (χ2n) is 5.02. The highest BCUT2D eigenvalue weighted by Gasteiger charge is 2.24. The summed E-state index contributed by atoms with van der Waals surface area (Å²) in [5.74, 6) is -0.216. The second kappa shape index (κ2) is 6.43. The molecule has 0 spiro atoms. The third kappa shape index (κ3) is 3.42. The van der Waals surface area contributed by atoms with E-state index in [0.29, 0.717) is 11.5 Å². The van der Waals surface area contributed by atoms with E-state index in [1.54, 1.807) is 13.0 Å². The molecule has 0 saturated carbocycles. The molecule has 2 heterocycles. The molecule has 1 unspecified atom stereocenters. The smallest absolute Gasteiger partial charge is 0.356 e. The third-order valence-electron chi connectivity index (χ3n) is 3.46. The van der Waals surface area contributed by atoms with Crippen molar-refractivity contribution in [1.82, 2.24) is 9.88 Å². The monoisotopic (exact) mass is 292 g/mol. The van der Waals surface area contributed by atoms with Crippen LogP contribution in [0.25, 0.3) is 0 Å². The topological polar surface area (TPSA) is 97.5 Å². The number of aromatic nitrogens is 1. The van der Waals surface area contributed by atoms with Gasteiger partial charge >= 0.3 is 5.97 Å². The molecule has 1 fully saturated rings. The number of rotatable bonds is 4. The number of carbonyl (C=O) groups is 2. The number of nitrogens with two attached hydrogens (primary N) is 1. The number of nitrogen functional groups attached to an aromatic ring is 1. The number of nitrogens with one attached hydrogen (secondary N) is 1. The molecule has 1 aliphatic heterocycles. The Balaban J connectivity index is 2.10. The van der Waals surface area contributed by atoms with Gasteiger partial charge < -0.3 is 20.7 Å². The van der Waals surface area contributed by atoms with E-state index in [9.17, 15) is 9.59 Å². The minimum Gasteiger partial charge on any atom is -0.464 e. The van der Waals surface area contributed by atoms with Crippen LogP contribution in [0.2, 0.25) is 0 Å². The largest absolute Gasteiger partial charge is 0.464 e. The van der Waals surface area contributed by atoms with Crippen molar-refractivity contribution in [1.29, 1.82) is 0 Å². The van der Waals surface area contributed by atoms with Gasteiger partial charge in [0.15, 0.2) is 11.5 Å². The van der Waals surface area contributed by atoms with Gasteiger partial charge in [0.2, 0.25) is 5.91 Å². The minimum atomic E-state index is -0.545. The van der Waals surface area contributed by atoms with Crippen LogP contribution in [-0.4, -0.2) is 48.0 Å². The van der Waals surface area contributed by atoms with E-state index in [1.165, 1.54) is 13.2 Å². The minimum absolute atomic E-state index is 0.0113. The van der Waals surface area contributed by atoms with Gasteiger partial charge in [-0.05, 0) is 31.9 Å². The average molecular weight is 292 g/mol. The Kier molecular flexibility index (Phi) is 4.62. The lowest BCUT2D eigenvalue weighted by Crippen LogP contribution is -2.40. The summed E-state index contributed by atoms with van der Waals surface area (Å²) in [6, 6.07) is 2.60. The molecule has 1 aromatic heterocycles. The summed E-state index contributed by atoms with van der Waals surface area (Å²) in [7, 11) is 1.28. The van der Waals surface area contributed by atoms with Crippen LogP contribution < -0.4 is 11.1 Å². The van der Waals surface area contributed by atoms with Gasteiger partial charge in [-0.25, -0.2) is 9.78 Å². The lowest BCUT2D eigenvalue weighted by Gasteiger charge is -2.22. The molecule has 21 heavy (non-hydrogen) atoms. The molecule has 0 bridgehead atoms. The lowest BCUT2D eigenvalue weighted by molar-refractivity contribution is -0.130. The zero-order valence-electron chi connectivity index (χ0n) is 12.3. The Morgan fingerprint density at radius 3 is 2.67 bits per heavy atom. The van der Waals surface area contributed by atoms with Crippen LogP contribution in [0.15, 0.2) is 12.1 Å². The fourth-order valence-electron chi connectivity index (χ4n) is 2.28. The fourth-order valence-corrected chi connectivity index (χ4v) is 2.28. The number of pyridine rings is 1. The number of likely N-dealkylation sites (tertiary alicyclic amines) is 1. The Bertz CT molecular complexity index is 541. The molecule has 1 amide bonds. The maximum Gasteiger partial charge on any atom is 0.356 e. The first kappa shape index (κ1) is 15.1. The van der Waals surface area contributed by atoms with Gasteiger partial charge in [-0.1, -0.05) is 0 Å². The van der Waals surface area contributed by atoms with Crippen LogP contribution in [0.1, 0.15) is 30.3 Å². The number of methoxy groups -OCH3 is 1. The first-order chi connectivity index (χ1) is 10.0. The molecule has 7 nitrogen and oxygen atoms in total. The van der Waals surface area contributed by atoms with Crippen molar-refractivity contribution in [3.05, 3.63) is 17.8 Å². The van der Waals surface area contributed by atoms with E-state index in [4.69, 9.17) is 5.73 Å². The van der Waals surface area contributed by atoms with Crippen LogP contribution in [0, 0.1) is 0 Å². The third-order valence-corrected chi connectivity index (χ3v) is 3.46. The summed E-state index contributed by atoms with van der Waals surface area (Å²) in [4.78, 5) is 29.6. The van der Waals surface area contributed by atoms with Crippen LogP contribution >= 0.6 is 0 Å². The van der Waals surface area contributed by atoms with Gasteiger partial charge in [0.25, 0.3) is 0 Å². The molecule has 0 radical (unpaired) electrons. The van der Waals surface area contributed by atoms with Crippen molar-refractivity contribution >= 4 is 23.4 Å². The number of anilines is 2. The van der Waals surface area contributed by atoms with Crippen LogP contribution in [0.3, 0.4) is 0 Å². The van der Waals surface area contributed by atoms with Crippen molar-refractivity contribution < 1.29 is 14.3 Å². The highest BCUT2D eigenvalue weighted by molar-refractivity contribution is 5.89. The first-order valence-electron chi connectivity index (χ1n) is 6.93. The van der Waals surface area contributed by atoms with Crippen molar-refractivity contribution in [2.24, 2.45) is 0 Å². The van der Waals surface area contributed by atoms with Crippen molar-refractivity contribution in [3.63, 3.8) is 0 Å². The predicted molar refractivity (Wildman–Crippen MR) is 78.9 cm³/mol. The number of ether oxygens (including phenoxy) is 1. The van der Waals surface area contributed by atoms with Crippen molar-refractivity contribution in [3.8, 4) is 0 Å². The van der Waals surface area contributed by atoms with E-state index in [1.807, 2.05) is 4.90 Å². The summed E-state index contributed by atoms with van der Waals surface area (Å²) >= 11 is 0. The molecular formula is C14H20N4O3. The Labute approximate surface area is 123 Å². The molecule has 2 rings (SSSR count). The maximum atomic E-state index is 12.2. The number of nitrogens with zero attached hydrogens (tertiary/aromatic N) is 2. The number of hydrogen-bond acceptors (Lipinski definition) is 6. The Morgan fingerprint density at radius 1 is 1.38 bits per heavy atom. The van der Waals surface area contributed by atoms with Gasteiger partial charge in [0, 0.05) is 13.1 Å². The predicted octanol–water partition coefficient (Wildman–Crippen LogP) is 0.873. The standard InChI is InChI=1S/C14H20N4O3/c1-9(13(19)18-7-3-4-8-18)16-12-10(15)5-6-11(17-12)14(20)21-2/h5-6,9H,3-4,7-8,15H2,1-2H3,(H,16,17). The summed E-state index contributed by atoms with van der Waals surface area (Å²) in [5, 5.41) is 2.97. The van der Waals surface area contributed by atoms with Gasteiger partial charge in [0.1, 0.15) is 6.04 Å². The molecule has 1 aromatic rings. The number of hydrogen-bond donors (Lipinski definition) is 2. The lowest BCUT2D eigenvalue weighted by atomic mass is 10.2. The molecule has 0 aromatic carbocycles. The number of esters is 1. The summed E-state index contributed by atoms with van der Waals surface area (Å²) in [6.45, 7) is 3.33. The zero-order chi connectivity index (χ0) is 15.4. The van der Waals surface area contributed by atoms with E-state index in [-0.39, 0.29) is 11.6 Å². The quantitative estimate of drug-likeness (QED) is 0.799. The van der Waals surface area contributed by atoms with Gasteiger partial charge in [-0.2, -0.15) is 0 Å². The molecule has 114 valence electrons. The summed E-state index contributed by atoms with van der Waals surface area (Å²) in [5.41, 5.74) is 6.36. The van der Waals surface area contributed by atoms with E-state index < -0.39 is 12.0 Å². The van der Waals surface area contributed by atoms with Crippen molar-refractivity contribution in [2.75, 3.05) is 31.2 Å². The SMILES string of the molecule is COC(=O)c1ccc(N)c(NC(C)C(=O)N2CCCC2)n1. The summed E-state index contributed by atoms with van der Waals surface area (Å²) in [6.07, 6.45) is 2.08. The van der Waals surface area contributed by atoms with Crippen LogP contribution in [-0.2, 0) is 9.53 Å². The van der Waals surface area contributed by atoms with Gasteiger partial charge in [0.05, 0.1) is 12.8 Å². The first-order valence-corrected chi connectivity index (χ1v) is 6.93. The second-order valence-corrected chi connectivity index (χ2v) is 5.02. The molecule has 1 saturated heterocycles. The van der Waals surface area contributed by atoms with Crippen LogP contribution in [0.4, 0.5) is 11.5 Å². The Hall–Kier alpha value is -2.31. The Morgan fingerprint density at radius 2 is 2.05 bits per heavy atom. The number of carbonyl (C=O) groups excluding carboxylic acids is 2. The van der Waals surface area contributed by atoms with E-state index in [2.05, 4.69) is 15.0 Å². The normalized spacial score (nSPS) is 15.6. The molecule has 1 aliphatic rings. The van der Waals surface area contributed by atoms with E-state index in [0.717, 1.165) is 25.9 Å². The molecule has 3 N–H and O–H groups in total. The van der Waals surface area contributed by atoms with E-state index >= 15 is 0 Å². The highest BCUT2D eigenvalue weighted by Crippen LogP contribution is 2.18. The molecule has 0 aliphatic carbocycles. The van der Waals surface area contributed by atoms with Gasteiger partial charge in [-0.3, -0.25) is 4.79 Å². The highest BCUT2D eigenvalue weighted by atomic mass is 16.5. The summed E-state index contributed by atoms with van der Waals surface area (Å²) < 4.78 is 4.62.